The van der Waals surface area contributed by atoms with Crippen molar-refractivity contribution in [2.75, 3.05) is 46.8 Å². The largest absolute Gasteiger partial charge is 0.304 e. The molecule has 0 aliphatic carbocycles. The Labute approximate surface area is 108 Å². The predicted octanol–water partition coefficient (Wildman–Crippen LogP) is 1.74. The first-order valence-electron chi connectivity index (χ1n) is 6.94. The van der Waals surface area contributed by atoms with Crippen molar-refractivity contribution >= 4 is 0 Å². The van der Waals surface area contributed by atoms with E-state index in [-0.39, 0.29) is 5.54 Å². The summed E-state index contributed by atoms with van der Waals surface area (Å²) in [6.07, 6.45) is 1.28. The van der Waals surface area contributed by atoms with E-state index >= 15 is 0 Å². The zero-order chi connectivity index (χ0) is 13.1. The van der Waals surface area contributed by atoms with E-state index in [0.29, 0.717) is 6.04 Å². The molecule has 1 aliphatic heterocycles. The van der Waals surface area contributed by atoms with Crippen molar-refractivity contribution in [3.05, 3.63) is 0 Å². The maximum absolute atomic E-state index is 2.60. The Kier molecular flexibility index (Phi) is 5.42. The van der Waals surface area contributed by atoms with Crippen LogP contribution in [-0.2, 0) is 0 Å². The van der Waals surface area contributed by atoms with E-state index in [9.17, 15) is 0 Å². The lowest BCUT2D eigenvalue weighted by atomic mass is 10.0. The highest BCUT2D eigenvalue weighted by Gasteiger charge is 2.22. The molecule has 0 aromatic rings. The van der Waals surface area contributed by atoms with E-state index in [1.54, 1.807) is 0 Å². The average Bonchev–Trinajstić information content (AvgIpc) is 2.25. The van der Waals surface area contributed by atoms with Gasteiger partial charge in [0, 0.05) is 37.8 Å². The number of rotatable bonds is 4. The minimum Gasteiger partial charge on any atom is -0.304 e. The molecule has 3 nitrogen and oxygen atoms in total. The molecule has 0 bridgehead atoms. The van der Waals surface area contributed by atoms with Crippen molar-refractivity contribution in [3.8, 4) is 0 Å². The Morgan fingerprint density at radius 1 is 1.12 bits per heavy atom. The summed E-state index contributed by atoms with van der Waals surface area (Å²) in [5.41, 5.74) is 0.279. The van der Waals surface area contributed by atoms with Crippen LogP contribution in [0.15, 0.2) is 0 Å². The van der Waals surface area contributed by atoms with Crippen LogP contribution < -0.4 is 0 Å². The molecule has 0 saturated carbocycles. The van der Waals surface area contributed by atoms with Crippen LogP contribution in [0.4, 0.5) is 0 Å². The van der Waals surface area contributed by atoms with Crippen LogP contribution in [0.1, 0.15) is 34.1 Å². The first-order chi connectivity index (χ1) is 7.80. The van der Waals surface area contributed by atoms with Crippen LogP contribution >= 0.6 is 0 Å². The number of piperazine rings is 1. The fourth-order valence-electron chi connectivity index (χ4n) is 2.30. The maximum Gasteiger partial charge on any atom is 0.0124 e. The second-order valence-electron chi connectivity index (χ2n) is 6.56. The molecule has 1 atom stereocenters. The van der Waals surface area contributed by atoms with Gasteiger partial charge in [-0.2, -0.15) is 0 Å². The Balaban J connectivity index is 2.26. The van der Waals surface area contributed by atoms with Gasteiger partial charge in [0.15, 0.2) is 0 Å². The Morgan fingerprint density at radius 3 is 2.12 bits per heavy atom. The summed E-state index contributed by atoms with van der Waals surface area (Å²) in [5, 5.41) is 0. The monoisotopic (exact) mass is 241 g/mol. The Morgan fingerprint density at radius 2 is 1.65 bits per heavy atom. The van der Waals surface area contributed by atoms with Gasteiger partial charge in [-0.05, 0) is 54.8 Å². The summed E-state index contributed by atoms with van der Waals surface area (Å²) in [6.45, 7) is 15.4. The minimum atomic E-state index is 0.279. The van der Waals surface area contributed by atoms with Crippen LogP contribution in [-0.4, -0.2) is 73.1 Å². The number of nitrogens with zero attached hydrogens (tertiary/aromatic N) is 3. The van der Waals surface area contributed by atoms with Crippen LogP contribution in [0, 0.1) is 0 Å². The topological polar surface area (TPSA) is 9.72 Å². The molecule has 1 fully saturated rings. The molecule has 1 heterocycles. The van der Waals surface area contributed by atoms with E-state index < -0.39 is 0 Å². The zero-order valence-corrected chi connectivity index (χ0v) is 12.7. The minimum absolute atomic E-state index is 0.279. The van der Waals surface area contributed by atoms with Crippen LogP contribution in [0.5, 0.6) is 0 Å². The molecular formula is C14H31N3. The van der Waals surface area contributed by atoms with E-state index in [1.807, 2.05) is 0 Å². The summed E-state index contributed by atoms with van der Waals surface area (Å²) in [5.74, 6) is 0. The number of likely N-dealkylation sites (N-methyl/N-ethyl adjacent to an activating group) is 1. The highest BCUT2D eigenvalue weighted by molar-refractivity contribution is 4.79. The Bertz CT molecular complexity index is 214. The molecule has 1 unspecified atom stereocenters. The summed E-state index contributed by atoms with van der Waals surface area (Å²) in [7, 11) is 4.46. The van der Waals surface area contributed by atoms with Crippen LogP contribution in [0.2, 0.25) is 0 Å². The second-order valence-corrected chi connectivity index (χ2v) is 6.56. The van der Waals surface area contributed by atoms with E-state index in [0.717, 1.165) is 0 Å². The van der Waals surface area contributed by atoms with Crippen molar-refractivity contribution in [2.24, 2.45) is 0 Å². The third kappa shape index (κ3) is 4.94. The smallest absolute Gasteiger partial charge is 0.0124 e. The molecule has 1 rings (SSSR count). The van der Waals surface area contributed by atoms with Gasteiger partial charge in [-0.25, -0.2) is 0 Å². The second kappa shape index (κ2) is 6.17. The first kappa shape index (κ1) is 14.9. The fourth-order valence-corrected chi connectivity index (χ4v) is 2.30. The lowest BCUT2D eigenvalue weighted by Crippen LogP contribution is -2.48. The highest BCUT2D eigenvalue weighted by Crippen LogP contribution is 2.16. The van der Waals surface area contributed by atoms with Gasteiger partial charge >= 0.3 is 0 Å². The normalized spacial score (nSPS) is 22.1. The summed E-state index contributed by atoms with van der Waals surface area (Å²) in [6, 6.07) is 0.662. The fraction of sp³-hybridized carbons (Fsp3) is 1.00. The van der Waals surface area contributed by atoms with Crippen LogP contribution in [0.25, 0.3) is 0 Å². The van der Waals surface area contributed by atoms with E-state index in [1.165, 1.54) is 39.1 Å². The molecule has 0 aromatic heterocycles. The third-order valence-corrected chi connectivity index (χ3v) is 4.18. The number of hydrogen-bond acceptors (Lipinski definition) is 3. The Hall–Kier alpha value is -0.120. The maximum atomic E-state index is 2.60. The lowest BCUT2D eigenvalue weighted by Gasteiger charge is -2.39. The quantitative estimate of drug-likeness (QED) is 0.742. The molecule has 0 aromatic carbocycles. The van der Waals surface area contributed by atoms with Crippen molar-refractivity contribution in [1.82, 2.24) is 14.7 Å². The third-order valence-electron chi connectivity index (χ3n) is 4.18. The van der Waals surface area contributed by atoms with Crippen LogP contribution in [0.3, 0.4) is 0 Å². The van der Waals surface area contributed by atoms with Gasteiger partial charge in [0.2, 0.25) is 0 Å². The van der Waals surface area contributed by atoms with Gasteiger partial charge in [-0.1, -0.05) is 0 Å². The van der Waals surface area contributed by atoms with Gasteiger partial charge in [0.1, 0.15) is 0 Å². The van der Waals surface area contributed by atoms with Crippen molar-refractivity contribution in [3.63, 3.8) is 0 Å². The van der Waals surface area contributed by atoms with Crippen molar-refractivity contribution in [2.45, 2.75) is 45.7 Å². The molecule has 0 N–H and O–H groups in total. The molecule has 1 aliphatic rings. The highest BCUT2D eigenvalue weighted by atomic mass is 15.2. The van der Waals surface area contributed by atoms with Crippen molar-refractivity contribution < 1.29 is 0 Å². The lowest BCUT2D eigenvalue weighted by molar-refractivity contribution is 0.0981. The molecule has 1 saturated heterocycles. The summed E-state index contributed by atoms with van der Waals surface area (Å²) < 4.78 is 0. The van der Waals surface area contributed by atoms with E-state index in [4.69, 9.17) is 0 Å². The van der Waals surface area contributed by atoms with Gasteiger partial charge in [0.25, 0.3) is 0 Å². The molecular weight excluding hydrogens is 210 g/mol. The molecule has 0 radical (unpaired) electrons. The molecule has 0 amide bonds. The summed E-state index contributed by atoms with van der Waals surface area (Å²) >= 11 is 0. The van der Waals surface area contributed by atoms with Gasteiger partial charge < -0.3 is 9.80 Å². The van der Waals surface area contributed by atoms with Gasteiger partial charge in [0.05, 0.1) is 0 Å². The van der Waals surface area contributed by atoms with E-state index in [2.05, 4.69) is 56.5 Å². The molecule has 17 heavy (non-hydrogen) atoms. The molecule has 102 valence electrons. The predicted molar refractivity (Wildman–Crippen MR) is 75.5 cm³/mol. The summed E-state index contributed by atoms with van der Waals surface area (Å²) in [4.78, 5) is 7.51. The number of hydrogen-bond donors (Lipinski definition) is 0. The standard InChI is InChI=1S/C14H31N3/c1-13(16(6)14(2,3)4)7-8-17-11-9-15(5)10-12-17/h13H,7-12H2,1-6H3. The van der Waals surface area contributed by atoms with Crippen molar-refractivity contribution in [1.29, 1.82) is 0 Å². The SMILES string of the molecule is CC(CCN1CCN(C)CC1)N(C)C(C)(C)C. The van der Waals surface area contributed by atoms with Gasteiger partial charge in [-0.15, -0.1) is 0 Å². The average molecular weight is 241 g/mol. The molecule has 0 spiro atoms. The van der Waals surface area contributed by atoms with Gasteiger partial charge in [-0.3, -0.25) is 4.90 Å². The first-order valence-corrected chi connectivity index (χ1v) is 6.94. The molecule has 3 heteroatoms. The zero-order valence-electron chi connectivity index (χ0n) is 12.7.